The van der Waals surface area contributed by atoms with E-state index in [0.717, 1.165) is 47.3 Å². The van der Waals surface area contributed by atoms with Gasteiger partial charge in [0.1, 0.15) is 5.75 Å². The minimum Gasteiger partial charge on any atom is -0.467 e. The second-order valence-electron chi connectivity index (χ2n) is 7.38. The quantitative estimate of drug-likeness (QED) is 0.459. The summed E-state index contributed by atoms with van der Waals surface area (Å²) in [6, 6.07) is 4.41. The molecule has 0 heterocycles. The summed E-state index contributed by atoms with van der Waals surface area (Å²) in [5.41, 5.74) is 5.31. The lowest BCUT2D eigenvalue weighted by Gasteiger charge is -2.22. The Morgan fingerprint density at radius 1 is 1.12 bits per heavy atom. The molecule has 0 aromatic heterocycles. The SMILES string of the molecule is CCOC(=O)C1=C(c2cc(C(C)C)cc(C(C)C)c2OCOC)CCC1. The Kier molecular flexibility index (Phi) is 7.27. The number of esters is 1. The average Bonchev–Trinajstić information content (AvgIpc) is 3.08. The molecule has 0 saturated carbocycles. The molecule has 4 nitrogen and oxygen atoms in total. The van der Waals surface area contributed by atoms with Gasteiger partial charge >= 0.3 is 5.97 Å². The highest BCUT2D eigenvalue weighted by atomic mass is 16.7. The molecule has 0 N–H and O–H groups in total. The Labute approximate surface area is 157 Å². The van der Waals surface area contributed by atoms with Gasteiger partial charge in [0.2, 0.25) is 0 Å². The molecule has 2 rings (SSSR count). The summed E-state index contributed by atoms with van der Waals surface area (Å²) >= 11 is 0. The molecule has 1 aliphatic rings. The Morgan fingerprint density at radius 2 is 1.85 bits per heavy atom. The smallest absolute Gasteiger partial charge is 0.334 e. The first-order chi connectivity index (χ1) is 12.4. The molecule has 0 saturated heterocycles. The van der Waals surface area contributed by atoms with Gasteiger partial charge in [-0.3, -0.25) is 0 Å². The molecule has 0 spiro atoms. The number of allylic oxidation sites excluding steroid dienone is 1. The summed E-state index contributed by atoms with van der Waals surface area (Å²) < 4.78 is 16.5. The van der Waals surface area contributed by atoms with E-state index >= 15 is 0 Å². The van der Waals surface area contributed by atoms with E-state index in [0.29, 0.717) is 18.4 Å². The van der Waals surface area contributed by atoms with Crippen LogP contribution in [-0.4, -0.2) is 26.5 Å². The maximum atomic E-state index is 12.4. The molecular weight excluding hydrogens is 328 g/mol. The summed E-state index contributed by atoms with van der Waals surface area (Å²) in [7, 11) is 1.62. The number of ether oxygens (including phenoxy) is 3. The molecular formula is C22H32O4. The monoisotopic (exact) mass is 360 g/mol. The van der Waals surface area contributed by atoms with E-state index < -0.39 is 0 Å². The van der Waals surface area contributed by atoms with Gasteiger partial charge in [-0.15, -0.1) is 0 Å². The first-order valence-corrected chi connectivity index (χ1v) is 9.59. The van der Waals surface area contributed by atoms with Crippen LogP contribution in [0.5, 0.6) is 5.75 Å². The van der Waals surface area contributed by atoms with Gasteiger partial charge in [0.05, 0.1) is 6.61 Å². The van der Waals surface area contributed by atoms with Crippen molar-refractivity contribution in [2.24, 2.45) is 0 Å². The number of hydrogen-bond donors (Lipinski definition) is 0. The van der Waals surface area contributed by atoms with Gasteiger partial charge in [-0.1, -0.05) is 33.8 Å². The fourth-order valence-electron chi connectivity index (χ4n) is 3.42. The normalized spacial score (nSPS) is 14.5. The third-order valence-electron chi connectivity index (χ3n) is 4.81. The van der Waals surface area contributed by atoms with Crippen LogP contribution in [0, 0.1) is 0 Å². The second kappa shape index (κ2) is 9.22. The van der Waals surface area contributed by atoms with E-state index in [-0.39, 0.29) is 12.8 Å². The largest absolute Gasteiger partial charge is 0.467 e. The first-order valence-electron chi connectivity index (χ1n) is 9.59. The summed E-state index contributed by atoms with van der Waals surface area (Å²) in [4.78, 5) is 12.4. The van der Waals surface area contributed by atoms with E-state index in [1.54, 1.807) is 7.11 Å². The Bertz CT molecular complexity index is 671. The Morgan fingerprint density at radius 3 is 2.42 bits per heavy atom. The second-order valence-corrected chi connectivity index (χ2v) is 7.38. The zero-order valence-electron chi connectivity index (χ0n) is 17.0. The molecule has 1 aromatic carbocycles. The Hall–Kier alpha value is -1.81. The summed E-state index contributed by atoms with van der Waals surface area (Å²) in [6.07, 6.45) is 2.60. The summed E-state index contributed by atoms with van der Waals surface area (Å²) in [5, 5.41) is 0. The van der Waals surface area contributed by atoms with Crippen molar-refractivity contribution in [2.75, 3.05) is 20.5 Å². The molecule has 144 valence electrons. The van der Waals surface area contributed by atoms with E-state index in [4.69, 9.17) is 14.2 Å². The van der Waals surface area contributed by atoms with Crippen molar-refractivity contribution in [3.05, 3.63) is 34.4 Å². The van der Waals surface area contributed by atoms with Crippen molar-refractivity contribution in [1.29, 1.82) is 0 Å². The average molecular weight is 360 g/mol. The molecule has 4 heteroatoms. The fourth-order valence-corrected chi connectivity index (χ4v) is 3.42. The number of carbonyl (C=O) groups excluding carboxylic acids is 1. The van der Waals surface area contributed by atoms with Crippen LogP contribution in [0.3, 0.4) is 0 Å². The molecule has 0 atom stereocenters. The van der Waals surface area contributed by atoms with Gasteiger partial charge in [0.15, 0.2) is 6.79 Å². The van der Waals surface area contributed by atoms with Gasteiger partial charge in [-0.05, 0) is 60.8 Å². The standard InChI is InChI=1S/C22H32O4/c1-7-25-22(23)18-10-8-9-17(18)20-12-16(14(2)3)11-19(15(4)5)21(20)26-13-24-6/h11-12,14-15H,7-10,13H2,1-6H3. The van der Waals surface area contributed by atoms with Crippen LogP contribution in [0.25, 0.3) is 5.57 Å². The minimum atomic E-state index is -0.196. The van der Waals surface area contributed by atoms with Crippen LogP contribution in [0.4, 0.5) is 0 Å². The number of carbonyl (C=O) groups is 1. The van der Waals surface area contributed by atoms with E-state index in [1.165, 1.54) is 5.56 Å². The van der Waals surface area contributed by atoms with Crippen molar-refractivity contribution in [3.8, 4) is 5.75 Å². The van der Waals surface area contributed by atoms with Crippen LogP contribution in [0.1, 0.15) is 82.4 Å². The van der Waals surface area contributed by atoms with E-state index in [9.17, 15) is 4.79 Å². The topological polar surface area (TPSA) is 44.8 Å². The van der Waals surface area contributed by atoms with Gasteiger partial charge < -0.3 is 14.2 Å². The van der Waals surface area contributed by atoms with Gasteiger partial charge in [-0.25, -0.2) is 4.79 Å². The highest BCUT2D eigenvalue weighted by Gasteiger charge is 2.27. The van der Waals surface area contributed by atoms with Gasteiger partial charge in [-0.2, -0.15) is 0 Å². The number of methoxy groups -OCH3 is 1. The molecule has 0 amide bonds. The predicted octanol–water partition coefficient (Wildman–Crippen LogP) is 5.42. The van der Waals surface area contributed by atoms with Crippen LogP contribution < -0.4 is 4.74 Å². The third kappa shape index (κ3) is 4.47. The predicted molar refractivity (Wildman–Crippen MR) is 105 cm³/mol. The van der Waals surface area contributed by atoms with Crippen molar-refractivity contribution >= 4 is 11.5 Å². The van der Waals surface area contributed by atoms with Gasteiger partial charge in [0.25, 0.3) is 0 Å². The summed E-state index contributed by atoms with van der Waals surface area (Å²) in [6.45, 7) is 11.1. The molecule has 0 aliphatic heterocycles. The summed E-state index contributed by atoms with van der Waals surface area (Å²) in [5.74, 6) is 1.35. The lowest BCUT2D eigenvalue weighted by Crippen LogP contribution is -2.10. The van der Waals surface area contributed by atoms with Crippen LogP contribution in [0.15, 0.2) is 17.7 Å². The maximum Gasteiger partial charge on any atom is 0.334 e. The minimum absolute atomic E-state index is 0.190. The molecule has 1 aromatic rings. The first kappa shape index (κ1) is 20.5. The fraction of sp³-hybridized carbons (Fsp3) is 0.591. The Balaban J connectivity index is 2.67. The molecule has 0 bridgehead atoms. The van der Waals surface area contributed by atoms with Crippen LogP contribution in [-0.2, 0) is 14.3 Å². The van der Waals surface area contributed by atoms with Crippen LogP contribution in [0.2, 0.25) is 0 Å². The zero-order valence-corrected chi connectivity index (χ0v) is 17.0. The molecule has 1 aliphatic carbocycles. The number of rotatable bonds is 8. The van der Waals surface area contributed by atoms with Crippen molar-refractivity contribution in [2.45, 2.75) is 65.7 Å². The van der Waals surface area contributed by atoms with Gasteiger partial charge in [0, 0.05) is 18.2 Å². The number of benzene rings is 1. The lowest BCUT2D eigenvalue weighted by molar-refractivity contribution is -0.138. The van der Waals surface area contributed by atoms with Crippen molar-refractivity contribution in [1.82, 2.24) is 0 Å². The van der Waals surface area contributed by atoms with Crippen molar-refractivity contribution in [3.63, 3.8) is 0 Å². The lowest BCUT2D eigenvalue weighted by atomic mass is 9.88. The highest BCUT2D eigenvalue weighted by Crippen LogP contribution is 2.43. The molecule has 0 radical (unpaired) electrons. The number of hydrogen-bond acceptors (Lipinski definition) is 4. The zero-order chi connectivity index (χ0) is 19.3. The van der Waals surface area contributed by atoms with Crippen molar-refractivity contribution < 1.29 is 19.0 Å². The van der Waals surface area contributed by atoms with Crippen LogP contribution >= 0.6 is 0 Å². The molecule has 0 fully saturated rings. The van der Waals surface area contributed by atoms with E-state index in [2.05, 4.69) is 39.8 Å². The maximum absolute atomic E-state index is 12.4. The third-order valence-corrected chi connectivity index (χ3v) is 4.81. The molecule has 26 heavy (non-hydrogen) atoms. The highest BCUT2D eigenvalue weighted by molar-refractivity contribution is 5.99. The van der Waals surface area contributed by atoms with E-state index in [1.807, 2.05) is 6.92 Å². The molecule has 0 unspecified atom stereocenters.